The van der Waals surface area contributed by atoms with Gasteiger partial charge in [-0.1, -0.05) is 6.07 Å². The number of hydrogen-bond donors (Lipinski definition) is 2. The van der Waals surface area contributed by atoms with Gasteiger partial charge in [-0.25, -0.2) is 0 Å². The molecule has 0 radical (unpaired) electrons. The fourth-order valence-corrected chi connectivity index (χ4v) is 2.45. The Morgan fingerprint density at radius 3 is 2.56 bits per heavy atom. The zero-order valence-electron chi connectivity index (χ0n) is 13.3. The molecule has 2 amide bonds. The van der Waals surface area contributed by atoms with Crippen molar-refractivity contribution in [1.82, 2.24) is 5.32 Å². The van der Waals surface area contributed by atoms with Gasteiger partial charge in [0.1, 0.15) is 6.54 Å². The van der Waals surface area contributed by atoms with Crippen molar-refractivity contribution >= 4 is 34.8 Å². The molecule has 128 valence electrons. The minimum Gasteiger partial charge on any atom is -0.451 e. The molecule has 0 bridgehead atoms. The highest BCUT2D eigenvalue weighted by Gasteiger charge is 2.18. The third kappa shape index (κ3) is 5.44. The summed E-state index contributed by atoms with van der Waals surface area (Å²) in [4.78, 5) is 35.9. The molecule has 0 unspecified atom stereocenters. The van der Waals surface area contributed by atoms with E-state index < -0.39 is 18.0 Å². The molecular formula is C17H15N3O4S. The first kappa shape index (κ1) is 18.2. The Bertz CT molecular complexity index is 794. The summed E-state index contributed by atoms with van der Waals surface area (Å²) in [6, 6.07) is 11.6. The molecule has 0 aliphatic carbocycles. The molecule has 0 spiro atoms. The predicted octanol–water partition coefficient (Wildman–Crippen LogP) is 1.92. The van der Waals surface area contributed by atoms with Crippen LogP contribution in [0.2, 0.25) is 0 Å². The van der Waals surface area contributed by atoms with Gasteiger partial charge in [-0.05, 0) is 42.6 Å². The fourth-order valence-electron chi connectivity index (χ4n) is 1.81. The highest BCUT2D eigenvalue weighted by atomic mass is 32.1. The molecule has 0 fully saturated rings. The lowest BCUT2D eigenvalue weighted by molar-refractivity contribution is -0.152. The lowest BCUT2D eigenvalue weighted by atomic mass is 10.2. The Morgan fingerprint density at radius 1 is 1.24 bits per heavy atom. The van der Waals surface area contributed by atoms with E-state index in [0.29, 0.717) is 16.1 Å². The average Bonchev–Trinajstić information content (AvgIpc) is 3.15. The first-order valence-corrected chi connectivity index (χ1v) is 8.20. The van der Waals surface area contributed by atoms with Crippen molar-refractivity contribution in [2.24, 2.45) is 0 Å². The summed E-state index contributed by atoms with van der Waals surface area (Å²) in [5.74, 6) is -1.60. The van der Waals surface area contributed by atoms with E-state index in [1.54, 1.807) is 41.8 Å². The number of carbonyl (C=O) groups is 3. The first-order valence-electron chi connectivity index (χ1n) is 7.32. The summed E-state index contributed by atoms with van der Waals surface area (Å²) < 4.78 is 4.98. The number of nitrogens with one attached hydrogen (secondary N) is 2. The second kappa shape index (κ2) is 8.61. The van der Waals surface area contributed by atoms with Gasteiger partial charge in [-0.3, -0.25) is 14.4 Å². The molecule has 1 heterocycles. The number of amides is 2. The van der Waals surface area contributed by atoms with E-state index in [-0.39, 0.29) is 12.5 Å². The van der Waals surface area contributed by atoms with Crippen LogP contribution in [0.3, 0.4) is 0 Å². The highest BCUT2D eigenvalue weighted by Crippen LogP contribution is 2.10. The van der Waals surface area contributed by atoms with E-state index in [1.165, 1.54) is 18.3 Å². The maximum Gasteiger partial charge on any atom is 0.326 e. The molecule has 0 saturated heterocycles. The van der Waals surface area contributed by atoms with Crippen molar-refractivity contribution in [3.05, 3.63) is 52.2 Å². The van der Waals surface area contributed by atoms with Crippen LogP contribution in [-0.2, 0) is 14.3 Å². The zero-order valence-corrected chi connectivity index (χ0v) is 14.1. The summed E-state index contributed by atoms with van der Waals surface area (Å²) in [5, 5.41) is 15.5. The van der Waals surface area contributed by atoms with Gasteiger partial charge in [0.25, 0.3) is 11.8 Å². The van der Waals surface area contributed by atoms with Crippen molar-refractivity contribution in [3.8, 4) is 6.07 Å². The largest absolute Gasteiger partial charge is 0.451 e. The van der Waals surface area contributed by atoms with Gasteiger partial charge >= 0.3 is 5.97 Å². The minimum absolute atomic E-state index is 0.328. The van der Waals surface area contributed by atoms with Crippen LogP contribution in [-0.4, -0.2) is 30.4 Å². The Labute approximate surface area is 148 Å². The lowest BCUT2D eigenvalue weighted by Gasteiger charge is -2.13. The number of carbonyl (C=O) groups excluding carboxylic acids is 3. The standard InChI is InChI=1S/C17H15N3O4S/c1-11(16(22)20-13-6-4-12(9-18)5-7-13)24-15(21)10-19-17(23)14-3-2-8-25-14/h2-8,11H,10H2,1H3,(H,19,23)(H,20,22)/t11-/m1/s1. The van der Waals surface area contributed by atoms with Gasteiger partial charge < -0.3 is 15.4 Å². The van der Waals surface area contributed by atoms with E-state index >= 15 is 0 Å². The first-order chi connectivity index (χ1) is 12.0. The summed E-state index contributed by atoms with van der Waals surface area (Å²) in [5.41, 5.74) is 0.955. The molecule has 1 aromatic carbocycles. The number of nitrogens with zero attached hydrogens (tertiary/aromatic N) is 1. The lowest BCUT2D eigenvalue weighted by Crippen LogP contribution is -2.35. The van der Waals surface area contributed by atoms with E-state index in [0.717, 1.165) is 0 Å². The number of thiophene rings is 1. The topological polar surface area (TPSA) is 108 Å². The molecule has 8 heteroatoms. The van der Waals surface area contributed by atoms with Crippen molar-refractivity contribution < 1.29 is 19.1 Å². The quantitative estimate of drug-likeness (QED) is 0.768. The van der Waals surface area contributed by atoms with E-state index in [2.05, 4.69) is 10.6 Å². The number of ether oxygens (including phenoxy) is 1. The van der Waals surface area contributed by atoms with Crippen LogP contribution in [0.15, 0.2) is 41.8 Å². The number of benzene rings is 1. The molecule has 0 aliphatic rings. The van der Waals surface area contributed by atoms with Gasteiger partial charge in [0.15, 0.2) is 6.10 Å². The molecule has 0 saturated carbocycles. The number of rotatable bonds is 6. The van der Waals surface area contributed by atoms with E-state index in [9.17, 15) is 14.4 Å². The van der Waals surface area contributed by atoms with Gasteiger partial charge in [-0.15, -0.1) is 11.3 Å². The Balaban J connectivity index is 1.78. The van der Waals surface area contributed by atoms with Crippen molar-refractivity contribution in [2.45, 2.75) is 13.0 Å². The van der Waals surface area contributed by atoms with Gasteiger partial charge in [0.05, 0.1) is 16.5 Å². The maximum absolute atomic E-state index is 12.0. The molecule has 2 rings (SSSR count). The summed E-state index contributed by atoms with van der Waals surface area (Å²) in [6.07, 6.45) is -1.03. The summed E-state index contributed by atoms with van der Waals surface area (Å²) in [7, 11) is 0. The number of anilines is 1. The van der Waals surface area contributed by atoms with Crippen LogP contribution < -0.4 is 10.6 Å². The molecule has 2 aromatic rings. The third-order valence-electron chi connectivity index (χ3n) is 3.10. The van der Waals surface area contributed by atoms with Gasteiger partial charge in [-0.2, -0.15) is 5.26 Å². The van der Waals surface area contributed by atoms with Crippen LogP contribution in [0.4, 0.5) is 5.69 Å². The Kier molecular flexibility index (Phi) is 6.26. The highest BCUT2D eigenvalue weighted by molar-refractivity contribution is 7.12. The van der Waals surface area contributed by atoms with Gasteiger partial charge in [0, 0.05) is 5.69 Å². The minimum atomic E-state index is -1.03. The third-order valence-corrected chi connectivity index (χ3v) is 3.97. The van der Waals surface area contributed by atoms with Crippen LogP contribution >= 0.6 is 11.3 Å². The normalized spacial score (nSPS) is 11.0. The maximum atomic E-state index is 12.0. The second-order valence-electron chi connectivity index (χ2n) is 4.97. The zero-order chi connectivity index (χ0) is 18.2. The Hall–Kier alpha value is -3.18. The number of hydrogen-bond acceptors (Lipinski definition) is 6. The van der Waals surface area contributed by atoms with Crippen molar-refractivity contribution in [1.29, 1.82) is 5.26 Å². The molecule has 2 N–H and O–H groups in total. The molecular weight excluding hydrogens is 342 g/mol. The molecule has 0 aliphatic heterocycles. The molecule has 1 aromatic heterocycles. The predicted molar refractivity (Wildman–Crippen MR) is 92.0 cm³/mol. The van der Waals surface area contributed by atoms with Crippen LogP contribution in [0.5, 0.6) is 0 Å². The summed E-state index contributed by atoms with van der Waals surface area (Å²) in [6.45, 7) is 1.10. The van der Waals surface area contributed by atoms with E-state index in [4.69, 9.17) is 10.00 Å². The monoisotopic (exact) mass is 357 g/mol. The molecule has 7 nitrogen and oxygen atoms in total. The van der Waals surface area contributed by atoms with Crippen LogP contribution in [0.1, 0.15) is 22.2 Å². The van der Waals surface area contributed by atoms with Gasteiger partial charge in [0.2, 0.25) is 0 Å². The summed E-state index contributed by atoms with van der Waals surface area (Å²) >= 11 is 1.26. The second-order valence-corrected chi connectivity index (χ2v) is 5.92. The number of esters is 1. The van der Waals surface area contributed by atoms with Crippen molar-refractivity contribution in [2.75, 3.05) is 11.9 Å². The molecule has 1 atom stereocenters. The Morgan fingerprint density at radius 2 is 1.96 bits per heavy atom. The van der Waals surface area contributed by atoms with E-state index in [1.807, 2.05) is 6.07 Å². The molecule has 25 heavy (non-hydrogen) atoms. The van der Waals surface area contributed by atoms with Crippen LogP contribution in [0.25, 0.3) is 0 Å². The average molecular weight is 357 g/mol. The fraction of sp³-hybridized carbons (Fsp3) is 0.176. The van der Waals surface area contributed by atoms with Crippen molar-refractivity contribution in [3.63, 3.8) is 0 Å². The number of nitriles is 1. The smallest absolute Gasteiger partial charge is 0.326 e. The van der Waals surface area contributed by atoms with Crippen LogP contribution in [0, 0.1) is 11.3 Å². The SMILES string of the molecule is C[C@@H](OC(=O)CNC(=O)c1cccs1)C(=O)Nc1ccc(C#N)cc1.